The summed E-state index contributed by atoms with van der Waals surface area (Å²) in [6.45, 7) is 0.767. The van der Waals surface area contributed by atoms with Gasteiger partial charge in [-0.05, 0) is 42.5 Å². The molecule has 4 rings (SSSR count). The van der Waals surface area contributed by atoms with Crippen molar-refractivity contribution in [2.24, 2.45) is 5.10 Å². The number of aliphatic hydroxyl groups excluding tert-OH is 1. The number of carbonyl (C=O) groups is 1. The minimum atomic E-state index is -0.493. The number of hydrogen-bond acceptors (Lipinski definition) is 4. The first-order chi connectivity index (χ1) is 15.8. The zero-order valence-electron chi connectivity index (χ0n) is 18.1. The number of benzene rings is 3. The average Bonchev–Trinajstić information content (AvgIpc) is 3.26. The van der Waals surface area contributed by atoms with Gasteiger partial charge in [-0.15, -0.1) is 0 Å². The molecule has 0 saturated heterocycles. The van der Waals surface area contributed by atoms with Crippen LogP contribution in [0.2, 0.25) is 0 Å². The van der Waals surface area contributed by atoms with E-state index in [1.165, 1.54) is 0 Å². The molecule has 1 aliphatic rings. The van der Waals surface area contributed by atoms with E-state index < -0.39 is 6.04 Å². The van der Waals surface area contributed by atoms with Gasteiger partial charge in [-0.1, -0.05) is 78.9 Å². The molecule has 0 saturated carbocycles. The Morgan fingerprint density at radius 3 is 2.12 bits per heavy atom. The van der Waals surface area contributed by atoms with E-state index in [1.54, 1.807) is 0 Å². The maximum atomic E-state index is 13.5. The highest BCUT2D eigenvalue weighted by Crippen LogP contribution is 2.37. The van der Waals surface area contributed by atoms with Crippen LogP contribution in [-0.4, -0.2) is 35.9 Å². The smallest absolute Gasteiger partial charge is 0.245 e. The Labute approximate surface area is 189 Å². The Balaban J connectivity index is 1.71. The molecule has 0 aliphatic carbocycles. The predicted octanol–water partition coefficient (Wildman–Crippen LogP) is 4.34. The molecule has 2 atom stereocenters. The molecular weight excluding hydrogens is 398 g/mol. The topological polar surface area (TPSA) is 64.9 Å². The van der Waals surface area contributed by atoms with Gasteiger partial charge in [0.05, 0.1) is 17.3 Å². The number of rotatable bonds is 9. The van der Waals surface area contributed by atoms with Gasteiger partial charge >= 0.3 is 0 Å². The molecule has 0 aromatic heterocycles. The van der Waals surface area contributed by atoms with Gasteiger partial charge < -0.3 is 10.4 Å². The molecule has 0 bridgehead atoms. The second-order valence-corrected chi connectivity index (χ2v) is 7.94. The van der Waals surface area contributed by atoms with Crippen molar-refractivity contribution in [3.05, 3.63) is 102 Å². The van der Waals surface area contributed by atoms with Gasteiger partial charge in [-0.3, -0.25) is 9.80 Å². The first kappa shape index (κ1) is 21.8. The minimum absolute atomic E-state index is 0.0404. The fraction of sp³-hybridized carbons (Fsp3) is 0.259. The third kappa shape index (κ3) is 4.89. The van der Waals surface area contributed by atoms with Crippen molar-refractivity contribution in [1.29, 1.82) is 0 Å². The Hall–Kier alpha value is -3.44. The lowest BCUT2D eigenvalue weighted by Crippen LogP contribution is -2.46. The Kier molecular flexibility index (Phi) is 7.31. The molecule has 5 nitrogen and oxygen atoms in total. The van der Waals surface area contributed by atoms with E-state index in [-0.39, 0.29) is 18.4 Å². The standard InChI is InChI=1S/C27H29N3O2/c31-20-12-4-11-19-28-27(32)26-24(21-13-5-1-6-14-21)25(22-15-7-2-8-16-22)29-30(26)23-17-9-3-10-18-23/h1-3,5-10,13-18,24,26,31H,4,11-12,19-20H2,(H,28,32). The lowest BCUT2D eigenvalue weighted by atomic mass is 9.84. The zero-order chi connectivity index (χ0) is 22.2. The van der Waals surface area contributed by atoms with Crippen LogP contribution in [-0.2, 0) is 4.79 Å². The molecule has 2 unspecified atom stereocenters. The van der Waals surface area contributed by atoms with Crippen molar-refractivity contribution in [2.45, 2.75) is 31.2 Å². The van der Waals surface area contributed by atoms with Gasteiger partial charge in [0.2, 0.25) is 5.91 Å². The molecule has 164 valence electrons. The molecule has 3 aromatic carbocycles. The Morgan fingerprint density at radius 2 is 1.47 bits per heavy atom. The highest BCUT2D eigenvalue weighted by molar-refractivity contribution is 6.11. The largest absolute Gasteiger partial charge is 0.396 e. The summed E-state index contributed by atoms with van der Waals surface area (Å²) in [5.41, 5.74) is 3.86. The summed E-state index contributed by atoms with van der Waals surface area (Å²) >= 11 is 0. The number of para-hydroxylation sites is 1. The van der Waals surface area contributed by atoms with Crippen molar-refractivity contribution in [3.63, 3.8) is 0 Å². The number of carbonyl (C=O) groups excluding carboxylic acids is 1. The van der Waals surface area contributed by atoms with Crippen LogP contribution in [0.3, 0.4) is 0 Å². The lowest BCUT2D eigenvalue weighted by molar-refractivity contribution is -0.122. The van der Waals surface area contributed by atoms with Crippen LogP contribution in [0.25, 0.3) is 0 Å². The third-order valence-corrected chi connectivity index (χ3v) is 5.74. The van der Waals surface area contributed by atoms with Crippen LogP contribution in [0.5, 0.6) is 0 Å². The molecule has 1 aliphatic heterocycles. The third-order valence-electron chi connectivity index (χ3n) is 5.74. The van der Waals surface area contributed by atoms with Crippen molar-refractivity contribution in [1.82, 2.24) is 5.32 Å². The summed E-state index contributed by atoms with van der Waals surface area (Å²) in [6, 6.07) is 29.6. The summed E-state index contributed by atoms with van der Waals surface area (Å²) in [5.74, 6) is -0.238. The van der Waals surface area contributed by atoms with Crippen molar-refractivity contribution < 1.29 is 9.90 Å². The van der Waals surface area contributed by atoms with E-state index in [2.05, 4.69) is 17.4 Å². The summed E-state index contributed by atoms with van der Waals surface area (Å²) in [7, 11) is 0. The molecule has 32 heavy (non-hydrogen) atoms. The van der Waals surface area contributed by atoms with Gasteiger partial charge in [-0.25, -0.2) is 0 Å². The van der Waals surface area contributed by atoms with Gasteiger partial charge in [0.25, 0.3) is 0 Å². The molecule has 0 fully saturated rings. The van der Waals surface area contributed by atoms with Crippen molar-refractivity contribution in [2.75, 3.05) is 18.2 Å². The number of nitrogens with one attached hydrogen (secondary N) is 1. The molecule has 0 radical (unpaired) electrons. The van der Waals surface area contributed by atoms with Crippen molar-refractivity contribution in [3.8, 4) is 0 Å². The number of anilines is 1. The number of amides is 1. The van der Waals surface area contributed by atoms with E-state index in [0.717, 1.165) is 41.8 Å². The monoisotopic (exact) mass is 427 g/mol. The quantitative estimate of drug-likeness (QED) is 0.499. The number of hydrazone groups is 1. The SMILES string of the molecule is O=C(NCCCCCO)C1C(c2ccccc2)C(c2ccccc2)=NN1c1ccccc1. The van der Waals surface area contributed by atoms with E-state index in [4.69, 9.17) is 10.2 Å². The lowest BCUT2D eigenvalue weighted by Gasteiger charge is -2.27. The second-order valence-electron chi connectivity index (χ2n) is 7.94. The van der Waals surface area contributed by atoms with E-state index in [9.17, 15) is 4.79 Å². The van der Waals surface area contributed by atoms with Crippen LogP contribution >= 0.6 is 0 Å². The zero-order valence-corrected chi connectivity index (χ0v) is 18.1. The maximum absolute atomic E-state index is 13.5. The van der Waals surface area contributed by atoms with Gasteiger partial charge in [0.1, 0.15) is 6.04 Å². The molecule has 2 N–H and O–H groups in total. The minimum Gasteiger partial charge on any atom is -0.396 e. The van der Waals surface area contributed by atoms with Crippen LogP contribution < -0.4 is 10.3 Å². The Morgan fingerprint density at radius 1 is 0.844 bits per heavy atom. The number of aliphatic hydroxyl groups is 1. The summed E-state index contributed by atoms with van der Waals surface area (Å²) in [6.07, 6.45) is 2.48. The first-order valence-corrected chi connectivity index (χ1v) is 11.2. The highest BCUT2D eigenvalue weighted by atomic mass is 16.2. The Bertz CT molecular complexity index is 1020. The summed E-state index contributed by atoms with van der Waals surface area (Å²) < 4.78 is 0. The second kappa shape index (κ2) is 10.7. The maximum Gasteiger partial charge on any atom is 0.245 e. The van der Waals surface area contributed by atoms with Crippen LogP contribution in [0, 0.1) is 0 Å². The van der Waals surface area contributed by atoms with Crippen LogP contribution in [0.4, 0.5) is 5.69 Å². The molecule has 5 heteroatoms. The molecule has 1 amide bonds. The summed E-state index contributed by atoms with van der Waals surface area (Å²) in [5, 5.41) is 19.0. The van der Waals surface area contributed by atoms with Gasteiger partial charge in [-0.2, -0.15) is 5.10 Å². The number of unbranched alkanes of at least 4 members (excludes halogenated alkanes) is 2. The molecular formula is C27H29N3O2. The van der Waals surface area contributed by atoms with Crippen molar-refractivity contribution >= 4 is 17.3 Å². The molecule has 3 aromatic rings. The van der Waals surface area contributed by atoms with Crippen LogP contribution in [0.15, 0.2) is 96.1 Å². The average molecular weight is 428 g/mol. The van der Waals surface area contributed by atoms with Gasteiger partial charge in [0.15, 0.2) is 0 Å². The normalized spacial score (nSPS) is 17.8. The number of nitrogens with zero attached hydrogens (tertiary/aromatic N) is 2. The molecule has 1 heterocycles. The van der Waals surface area contributed by atoms with E-state index >= 15 is 0 Å². The van der Waals surface area contributed by atoms with Crippen LogP contribution in [0.1, 0.15) is 36.3 Å². The van der Waals surface area contributed by atoms with E-state index in [0.29, 0.717) is 6.54 Å². The first-order valence-electron chi connectivity index (χ1n) is 11.2. The summed E-state index contributed by atoms with van der Waals surface area (Å²) in [4.78, 5) is 13.5. The molecule has 0 spiro atoms. The van der Waals surface area contributed by atoms with E-state index in [1.807, 2.05) is 83.9 Å². The number of hydrogen-bond donors (Lipinski definition) is 2. The fourth-order valence-electron chi connectivity index (χ4n) is 4.17. The fourth-order valence-corrected chi connectivity index (χ4v) is 4.17. The van der Waals surface area contributed by atoms with Gasteiger partial charge in [0, 0.05) is 13.2 Å². The predicted molar refractivity (Wildman–Crippen MR) is 129 cm³/mol. The highest BCUT2D eigenvalue weighted by Gasteiger charge is 2.43.